The summed E-state index contributed by atoms with van der Waals surface area (Å²) in [5.74, 6) is 0. The SMILES string of the molecule is BrCCc1ccc(CCBr)c(CCBr)c1. The van der Waals surface area contributed by atoms with Crippen molar-refractivity contribution in [1.29, 1.82) is 0 Å². The highest BCUT2D eigenvalue weighted by Crippen LogP contribution is 2.16. The van der Waals surface area contributed by atoms with Gasteiger partial charge in [0.2, 0.25) is 0 Å². The van der Waals surface area contributed by atoms with Crippen LogP contribution in [-0.2, 0) is 19.3 Å². The molecule has 0 spiro atoms. The summed E-state index contributed by atoms with van der Waals surface area (Å²) in [5.41, 5.74) is 4.40. The summed E-state index contributed by atoms with van der Waals surface area (Å²) in [7, 11) is 0. The second-order valence-electron chi connectivity index (χ2n) is 3.42. The molecule has 0 nitrogen and oxygen atoms in total. The van der Waals surface area contributed by atoms with Crippen LogP contribution in [0.2, 0.25) is 0 Å². The molecule has 84 valence electrons. The molecule has 3 heteroatoms. The average molecular weight is 399 g/mol. The van der Waals surface area contributed by atoms with E-state index in [9.17, 15) is 0 Å². The molecule has 0 saturated carbocycles. The molecule has 0 N–H and O–H groups in total. The third kappa shape index (κ3) is 4.58. The van der Waals surface area contributed by atoms with Crippen molar-refractivity contribution in [2.75, 3.05) is 16.0 Å². The summed E-state index contributed by atoms with van der Waals surface area (Å²) < 4.78 is 0. The van der Waals surface area contributed by atoms with Gasteiger partial charge < -0.3 is 0 Å². The minimum absolute atomic E-state index is 1.04. The molecule has 0 bridgehead atoms. The first-order valence-electron chi connectivity index (χ1n) is 5.10. The predicted molar refractivity (Wildman–Crippen MR) is 78.9 cm³/mol. The van der Waals surface area contributed by atoms with Crippen molar-refractivity contribution in [2.45, 2.75) is 19.3 Å². The zero-order chi connectivity index (χ0) is 11.1. The fourth-order valence-corrected chi connectivity index (χ4v) is 2.94. The molecule has 0 saturated heterocycles. The maximum Gasteiger partial charge on any atom is 0.00719 e. The van der Waals surface area contributed by atoms with E-state index in [4.69, 9.17) is 0 Å². The normalized spacial score (nSPS) is 10.6. The van der Waals surface area contributed by atoms with Crippen LogP contribution in [0.5, 0.6) is 0 Å². The first kappa shape index (κ1) is 13.7. The maximum atomic E-state index is 3.51. The summed E-state index contributed by atoms with van der Waals surface area (Å²) in [6.45, 7) is 0. The molecule has 0 aromatic heterocycles. The topological polar surface area (TPSA) is 0 Å². The van der Waals surface area contributed by atoms with Gasteiger partial charge in [0.25, 0.3) is 0 Å². The number of alkyl halides is 3. The molecule has 0 unspecified atom stereocenters. The lowest BCUT2D eigenvalue weighted by Crippen LogP contribution is -1.98. The van der Waals surface area contributed by atoms with E-state index < -0.39 is 0 Å². The van der Waals surface area contributed by atoms with Gasteiger partial charge in [-0.15, -0.1) is 0 Å². The Labute approximate surface area is 117 Å². The third-order valence-electron chi connectivity index (χ3n) is 2.38. The third-order valence-corrected chi connectivity index (χ3v) is 3.57. The number of hydrogen-bond acceptors (Lipinski definition) is 0. The molecular formula is C12H15Br3. The second-order valence-corrected chi connectivity index (χ2v) is 5.80. The summed E-state index contributed by atoms with van der Waals surface area (Å²) in [4.78, 5) is 0. The van der Waals surface area contributed by atoms with E-state index in [2.05, 4.69) is 66.0 Å². The Balaban J connectivity index is 2.87. The lowest BCUT2D eigenvalue weighted by atomic mass is 9.99. The van der Waals surface area contributed by atoms with Crippen molar-refractivity contribution < 1.29 is 0 Å². The van der Waals surface area contributed by atoms with Crippen LogP contribution in [-0.4, -0.2) is 16.0 Å². The molecule has 0 amide bonds. The fourth-order valence-electron chi connectivity index (χ4n) is 1.62. The molecule has 1 aromatic rings. The first-order valence-corrected chi connectivity index (χ1v) is 8.46. The number of aryl methyl sites for hydroxylation is 3. The van der Waals surface area contributed by atoms with Crippen molar-refractivity contribution in [1.82, 2.24) is 0 Å². The van der Waals surface area contributed by atoms with Gasteiger partial charge in [-0.25, -0.2) is 0 Å². The van der Waals surface area contributed by atoms with E-state index in [1.54, 1.807) is 0 Å². The zero-order valence-electron chi connectivity index (χ0n) is 8.61. The number of halogens is 3. The van der Waals surface area contributed by atoms with Crippen molar-refractivity contribution in [3.63, 3.8) is 0 Å². The van der Waals surface area contributed by atoms with Gasteiger partial charge in [0.15, 0.2) is 0 Å². The van der Waals surface area contributed by atoms with E-state index >= 15 is 0 Å². The molecule has 1 rings (SSSR count). The van der Waals surface area contributed by atoms with Crippen LogP contribution in [0.15, 0.2) is 18.2 Å². The molecule has 0 fully saturated rings. The van der Waals surface area contributed by atoms with Gasteiger partial charge in [-0.3, -0.25) is 0 Å². The highest BCUT2D eigenvalue weighted by atomic mass is 79.9. The first-order chi connectivity index (χ1) is 7.31. The quantitative estimate of drug-likeness (QED) is 0.619. The van der Waals surface area contributed by atoms with E-state index in [0.29, 0.717) is 0 Å². The van der Waals surface area contributed by atoms with Gasteiger partial charge in [0.05, 0.1) is 0 Å². The molecule has 0 radical (unpaired) electrons. The molecule has 0 atom stereocenters. The van der Waals surface area contributed by atoms with Crippen molar-refractivity contribution >= 4 is 47.8 Å². The Morgan fingerprint density at radius 2 is 1.33 bits per heavy atom. The smallest absolute Gasteiger partial charge is 0.00719 e. The molecular weight excluding hydrogens is 384 g/mol. The molecule has 15 heavy (non-hydrogen) atoms. The Morgan fingerprint density at radius 1 is 0.733 bits per heavy atom. The van der Waals surface area contributed by atoms with Crippen LogP contribution in [0.4, 0.5) is 0 Å². The minimum Gasteiger partial charge on any atom is -0.0924 e. The summed E-state index contributed by atoms with van der Waals surface area (Å²) in [6, 6.07) is 6.87. The van der Waals surface area contributed by atoms with Gasteiger partial charge in [-0.05, 0) is 36.0 Å². The van der Waals surface area contributed by atoms with Gasteiger partial charge in [0.1, 0.15) is 0 Å². The lowest BCUT2D eigenvalue weighted by Gasteiger charge is -2.09. The fraction of sp³-hybridized carbons (Fsp3) is 0.500. The van der Waals surface area contributed by atoms with E-state index in [-0.39, 0.29) is 0 Å². The van der Waals surface area contributed by atoms with Crippen LogP contribution >= 0.6 is 47.8 Å². The molecule has 1 aromatic carbocycles. The monoisotopic (exact) mass is 396 g/mol. The molecule has 0 heterocycles. The van der Waals surface area contributed by atoms with Gasteiger partial charge in [0, 0.05) is 16.0 Å². The number of benzene rings is 1. The van der Waals surface area contributed by atoms with Crippen LogP contribution < -0.4 is 0 Å². The van der Waals surface area contributed by atoms with Crippen molar-refractivity contribution in [2.24, 2.45) is 0 Å². The van der Waals surface area contributed by atoms with Crippen LogP contribution in [0.1, 0.15) is 16.7 Å². The second kappa shape index (κ2) is 7.86. The Morgan fingerprint density at radius 3 is 1.93 bits per heavy atom. The van der Waals surface area contributed by atoms with Crippen LogP contribution in [0, 0.1) is 0 Å². The van der Waals surface area contributed by atoms with Gasteiger partial charge in [-0.2, -0.15) is 0 Å². The largest absolute Gasteiger partial charge is 0.0924 e. The van der Waals surface area contributed by atoms with Crippen LogP contribution in [0.25, 0.3) is 0 Å². The average Bonchev–Trinajstić information content (AvgIpc) is 2.23. The van der Waals surface area contributed by atoms with E-state index in [1.807, 2.05) is 0 Å². The maximum absolute atomic E-state index is 3.51. The van der Waals surface area contributed by atoms with E-state index in [0.717, 1.165) is 35.3 Å². The van der Waals surface area contributed by atoms with Gasteiger partial charge in [-0.1, -0.05) is 66.0 Å². The molecule has 0 aliphatic rings. The molecule has 0 aliphatic carbocycles. The summed E-state index contributed by atoms with van der Waals surface area (Å²) >= 11 is 10.5. The zero-order valence-corrected chi connectivity index (χ0v) is 13.4. The van der Waals surface area contributed by atoms with Crippen LogP contribution in [0.3, 0.4) is 0 Å². The Bertz CT molecular complexity index is 297. The standard InChI is InChI=1S/C12H15Br3/c13-6-3-10-1-2-11(4-7-14)12(9-10)5-8-15/h1-2,9H,3-8H2. The molecule has 0 aliphatic heterocycles. The lowest BCUT2D eigenvalue weighted by molar-refractivity contribution is 1.04. The Kier molecular flexibility index (Phi) is 7.19. The highest BCUT2D eigenvalue weighted by molar-refractivity contribution is 9.09. The van der Waals surface area contributed by atoms with Crippen molar-refractivity contribution in [3.8, 4) is 0 Å². The number of hydrogen-bond donors (Lipinski definition) is 0. The van der Waals surface area contributed by atoms with Gasteiger partial charge >= 0.3 is 0 Å². The summed E-state index contributed by atoms with van der Waals surface area (Å²) in [5, 5.41) is 3.12. The van der Waals surface area contributed by atoms with E-state index in [1.165, 1.54) is 16.7 Å². The summed E-state index contributed by atoms with van der Waals surface area (Å²) in [6.07, 6.45) is 3.36. The number of rotatable bonds is 6. The predicted octanol–water partition coefficient (Wildman–Crippen LogP) is 4.50. The minimum atomic E-state index is 1.04. The Hall–Kier alpha value is 0.660. The van der Waals surface area contributed by atoms with Crippen molar-refractivity contribution in [3.05, 3.63) is 34.9 Å². The highest BCUT2D eigenvalue weighted by Gasteiger charge is 2.03.